The van der Waals surface area contributed by atoms with Gasteiger partial charge in [0.05, 0.1) is 0 Å². The molecule has 3 heteroatoms. The quantitative estimate of drug-likeness (QED) is 0.595. The highest BCUT2D eigenvalue weighted by Crippen LogP contribution is 2.27. The number of halogens is 2. The summed E-state index contributed by atoms with van der Waals surface area (Å²) in [4.78, 5) is 11.9. The van der Waals surface area contributed by atoms with Crippen molar-refractivity contribution in [3.05, 3.63) is 70.7 Å². The third-order valence-corrected chi connectivity index (χ3v) is 3.65. The molecule has 0 aliphatic rings. The lowest BCUT2D eigenvalue weighted by Gasteiger charge is -2.09. The molecule has 0 spiro atoms. The van der Waals surface area contributed by atoms with Gasteiger partial charge in [-0.2, -0.15) is 0 Å². The van der Waals surface area contributed by atoms with Crippen LogP contribution in [0, 0.1) is 0 Å². The number of carbonyl (C=O) groups excluding carboxylic acids is 1. The third kappa shape index (κ3) is 2.96. The second-order valence-electron chi connectivity index (χ2n) is 3.64. The molecule has 0 aromatic heterocycles. The van der Waals surface area contributed by atoms with Crippen LogP contribution in [0.3, 0.4) is 0 Å². The van der Waals surface area contributed by atoms with Gasteiger partial charge in [-0.3, -0.25) is 4.79 Å². The first-order valence-corrected chi connectivity index (χ1v) is 6.46. The number of ketones is 1. The molecule has 0 saturated carbocycles. The fourth-order valence-electron chi connectivity index (χ4n) is 1.53. The highest BCUT2D eigenvalue weighted by Gasteiger charge is 2.18. The van der Waals surface area contributed by atoms with Crippen LogP contribution in [-0.2, 0) is 0 Å². The first kappa shape index (κ1) is 12.3. The Morgan fingerprint density at radius 1 is 1.00 bits per heavy atom. The van der Waals surface area contributed by atoms with Crippen LogP contribution in [0.4, 0.5) is 0 Å². The number of carbonyl (C=O) groups is 1. The van der Waals surface area contributed by atoms with Gasteiger partial charge in [0, 0.05) is 10.6 Å². The Morgan fingerprint density at radius 2 is 1.59 bits per heavy atom. The molecule has 1 nitrogen and oxygen atoms in total. The Morgan fingerprint density at radius 3 is 2.18 bits per heavy atom. The molecule has 2 aromatic rings. The molecule has 0 bridgehead atoms. The summed E-state index contributed by atoms with van der Waals surface area (Å²) in [5.74, 6) is 0.0351. The molecular formula is C14H10BrClO. The van der Waals surface area contributed by atoms with Crippen molar-refractivity contribution < 1.29 is 4.79 Å². The second kappa shape index (κ2) is 5.48. The normalized spacial score (nSPS) is 12.1. The van der Waals surface area contributed by atoms with Gasteiger partial charge >= 0.3 is 0 Å². The van der Waals surface area contributed by atoms with Crippen molar-refractivity contribution in [2.75, 3.05) is 0 Å². The predicted octanol–water partition coefficient (Wildman–Crippen LogP) is 4.66. The molecular weight excluding hydrogens is 300 g/mol. The molecule has 0 aliphatic carbocycles. The minimum absolute atomic E-state index is 0.0351. The summed E-state index contributed by atoms with van der Waals surface area (Å²) >= 11 is 9.21. The maximum atomic E-state index is 12.2. The highest BCUT2D eigenvalue weighted by molar-refractivity contribution is 9.09. The first-order valence-electron chi connectivity index (χ1n) is 5.17. The topological polar surface area (TPSA) is 17.1 Å². The van der Waals surface area contributed by atoms with E-state index < -0.39 is 0 Å². The molecule has 0 unspecified atom stereocenters. The summed E-state index contributed by atoms with van der Waals surface area (Å²) < 4.78 is 0. The summed E-state index contributed by atoms with van der Waals surface area (Å²) in [5, 5.41) is 0.632. The monoisotopic (exact) mass is 308 g/mol. The molecule has 0 saturated heterocycles. The average Bonchev–Trinajstić information content (AvgIpc) is 2.39. The van der Waals surface area contributed by atoms with E-state index in [4.69, 9.17) is 11.6 Å². The van der Waals surface area contributed by atoms with Gasteiger partial charge in [-0.25, -0.2) is 0 Å². The van der Waals surface area contributed by atoms with Crippen LogP contribution in [0.5, 0.6) is 0 Å². The lowest BCUT2D eigenvalue weighted by Crippen LogP contribution is -2.06. The van der Waals surface area contributed by atoms with Crippen LogP contribution in [0.2, 0.25) is 5.02 Å². The van der Waals surface area contributed by atoms with Crippen molar-refractivity contribution in [1.29, 1.82) is 0 Å². The van der Waals surface area contributed by atoms with Crippen LogP contribution in [-0.4, -0.2) is 5.78 Å². The van der Waals surface area contributed by atoms with E-state index in [1.165, 1.54) is 0 Å². The summed E-state index contributed by atoms with van der Waals surface area (Å²) in [6.45, 7) is 0. The van der Waals surface area contributed by atoms with E-state index in [1.807, 2.05) is 30.3 Å². The molecule has 2 aromatic carbocycles. The fraction of sp³-hybridized carbons (Fsp3) is 0.0714. The van der Waals surface area contributed by atoms with Gasteiger partial charge in [-0.05, 0) is 29.8 Å². The smallest absolute Gasteiger partial charge is 0.180 e. The lowest BCUT2D eigenvalue weighted by molar-refractivity contribution is 0.0991. The molecule has 2 rings (SSSR count). The molecule has 0 amide bonds. The SMILES string of the molecule is O=C(c1ccc(Cl)cc1)[C@@H](Br)c1ccccc1. The molecule has 86 valence electrons. The van der Waals surface area contributed by atoms with Crippen molar-refractivity contribution in [2.45, 2.75) is 4.83 Å². The Kier molecular flexibility index (Phi) is 3.97. The lowest BCUT2D eigenvalue weighted by atomic mass is 10.0. The molecule has 0 radical (unpaired) electrons. The van der Waals surface area contributed by atoms with Gasteiger partial charge in [-0.15, -0.1) is 0 Å². The number of rotatable bonds is 3. The second-order valence-corrected chi connectivity index (χ2v) is 5.00. The number of hydrogen-bond acceptors (Lipinski definition) is 1. The Hall–Kier alpha value is -1.12. The first-order chi connectivity index (χ1) is 8.18. The van der Waals surface area contributed by atoms with E-state index in [0.29, 0.717) is 10.6 Å². The zero-order valence-corrected chi connectivity index (χ0v) is 11.3. The van der Waals surface area contributed by atoms with Crippen molar-refractivity contribution in [2.24, 2.45) is 0 Å². The molecule has 0 fully saturated rings. The van der Waals surface area contributed by atoms with Gasteiger partial charge in [0.1, 0.15) is 4.83 Å². The van der Waals surface area contributed by atoms with Gasteiger partial charge in [-0.1, -0.05) is 57.9 Å². The molecule has 0 heterocycles. The number of Topliss-reactive ketones (excluding diaryl/α,β-unsaturated/α-hetero) is 1. The van der Waals surface area contributed by atoms with E-state index in [2.05, 4.69) is 15.9 Å². The van der Waals surface area contributed by atoms with E-state index in [0.717, 1.165) is 5.56 Å². The Bertz CT molecular complexity index is 508. The Labute approximate surface area is 114 Å². The van der Waals surface area contributed by atoms with Gasteiger partial charge < -0.3 is 0 Å². The van der Waals surface area contributed by atoms with E-state index >= 15 is 0 Å². The summed E-state index contributed by atoms with van der Waals surface area (Å²) in [7, 11) is 0. The maximum Gasteiger partial charge on any atom is 0.180 e. The third-order valence-electron chi connectivity index (χ3n) is 2.45. The average molecular weight is 310 g/mol. The van der Waals surface area contributed by atoms with Crippen LogP contribution < -0.4 is 0 Å². The van der Waals surface area contributed by atoms with E-state index in [9.17, 15) is 4.79 Å². The van der Waals surface area contributed by atoms with Gasteiger partial charge in [0.15, 0.2) is 5.78 Å². The van der Waals surface area contributed by atoms with E-state index in [-0.39, 0.29) is 10.6 Å². The zero-order chi connectivity index (χ0) is 12.3. The van der Waals surface area contributed by atoms with Crippen LogP contribution in [0.15, 0.2) is 54.6 Å². The summed E-state index contributed by atoms with van der Waals surface area (Å²) in [6, 6.07) is 16.5. The minimum Gasteiger partial charge on any atom is -0.293 e. The number of benzene rings is 2. The number of alkyl halides is 1. The minimum atomic E-state index is -0.315. The standard InChI is InChI=1S/C14H10BrClO/c15-13(10-4-2-1-3-5-10)14(17)11-6-8-12(16)9-7-11/h1-9,13H/t13-/m0/s1. The summed E-state index contributed by atoms with van der Waals surface area (Å²) in [5.41, 5.74) is 1.60. The van der Waals surface area contributed by atoms with Gasteiger partial charge in [0.2, 0.25) is 0 Å². The zero-order valence-electron chi connectivity index (χ0n) is 8.94. The van der Waals surface area contributed by atoms with Crippen molar-refractivity contribution in [3.63, 3.8) is 0 Å². The summed E-state index contributed by atoms with van der Waals surface area (Å²) in [6.07, 6.45) is 0. The molecule has 0 N–H and O–H groups in total. The Balaban J connectivity index is 2.23. The molecule has 17 heavy (non-hydrogen) atoms. The van der Waals surface area contributed by atoms with Crippen LogP contribution >= 0.6 is 27.5 Å². The van der Waals surface area contributed by atoms with Crippen molar-refractivity contribution >= 4 is 33.3 Å². The fourth-order valence-corrected chi connectivity index (χ4v) is 2.23. The van der Waals surface area contributed by atoms with Crippen LogP contribution in [0.25, 0.3) is 0 Å². The highest BCUT2D eigenvalue weighted by atomic mass is 79.9. The number of hydrogen-bond donors (Lipinski definition) is 0. The largest absolute Gasteiger partial charge is 0.293 e. The maximum absolute atomic E-state index is 12.2. The van der Waals surface area contributed by atoms with Crippen molar-refractivity contribution in [3.8, 4) is 0 Å². The van der Waals surface area contributed by atoms with E-state index in [1.54, 1.807) is 24.3 Å². The van der Waals surface area contributed by atoms with Crippen molar-refractivity contribution in [1.82, 2.24) is 0 Å². The predicted molar refractivity (Wildman–Crippen MR) is 73.9 cm³/mol. The molecule has 1 atom stereocenters. The van der Waals surface area contributed by atoms with Gasteiger partial charge in [0.25, 0.3) is 0 Å². The molecule has 0 aliphatic heterocycles. The van der Waals surface area contributed by atoms with Crippen LogP contribution in [0.1, 0.15) is 20.7 Å².